The zero-order valence-corrected chi connectivity index (χ0v) is 12.0. The van der Waals surface area contributed by atoms with Crippen molar-refractivity contribution in [1.29, 1.82) is 0 Å². The van der Waals surface area contributed by atoms with E-state index in [4.69, 9.17) is 0 Å². The van der Waals surface area contributed by atoms with Crippen molar-refractivity contribution in [3.63, 3.8) is 0 Å². The molecule has 1 saturated heterocycles. The maximum Gasteiger partial charge on any atom is 0.0342 e. The number of hydrogen-bond donors (Lipinski definition) is 2. The van der Waals surface area contributed by atoms with E-state index in [1.807, 2.05) is 0 Å². The highest BCUT2D eigenvalue weighted by Crippen LogP contribution is 2.33. The van der Waals surface area contributed by atoms with Crippen LogP contribution >= 0.6 is 0 Å². The smallest absolute Gasteiger partial charge is 0.0342 e. The number of benzene rings is 1. The summed E-state index contributed by atoms with van der Waals surface area (Å²) in [6, 6.07) is 10.3. The molecule has 0 amide bonds. The molecule has 3 unspecified atom stereocenters. The van der Waals surface area contributed by atoms with E-state index in [2.05, 4.69) is 41.8 Å². The number of aryl methyl sites for hydroxylation is 1. The lowest BCUT2D eigenvalue weighted by Crippen LogP contribution is -2.44. The van der Waals surface area contributed by atoms with Crippen molar-refractivity contribution in [3.8, 4) is 0 Å². The van der Waals surface area contributed by atoms with Crippen LogP contribution in [0.3, 0.4) is 0 Å². The van der Waals surface area contributed by atoms with Crippen LogP contribution in [-0.4, -0.2) is 18.6 Å². The van der Waals surface area contributed by atoms with E-state index in [0.29, 0.717) is 6.04 Å². The average molecular weight is 258 g/mol. The van der Waals surface area contributed by atoms with Gasteiger partial charge in [-0.2, -0.15) is 0 Å². The van der Waals surface area contributed by atoms with E-state index in [-0.39, 0.29) is 0 Å². The Labute approximate surface area is 117 Å². The van der Waals surface area contributed by atoms with Gasteiger partial charge in [-0.15, -0.1) is 0 Å². The summed E-state index contributed by atoms with van der Waals surface area (Å²) >= 11 is 0. The van der Waals surface area contributed by atoms with Crippen LogP contribution in [-0.2, 0) is 0 Å². The quantitative estimate of drug-likeness (QED) is 0.863. The Morgan fingerprint density at radius 2 is 1.84 bits per heavy atom. The predicted octanol–water partition coefficient (Wildman–Crippen LogP) is 3.72. The molecule has 1 aromatic rings. The van der Waals surface area contributed by atoms with E-state index < -0.39 is 0 Å². The van der Waals surface area contributed by atoms with E-state index in [0.717, 1.165) is 12.0 Å². The fourth-order valence-electron chi connectivity index (χ4n) is 3.76. The van der Waals surface area contributed by atoms with Crippen molar-refractivity contribution in [2.24, 2.45) is 5.92 Å². The summed E-state index contributed by atoms with van der Waals surface area (Å²) in [5, 5.41) is 7.52. The highest BCUT2D eigenvalue weighted by atomic mass is 15.0. The minimum absolute atomic E-state index is 0.665. The molecular formula is C17H26N2. The van der Waals surface area contributed by atoms with Crippen LogP contribution in [0.25, 0.3) is 0 Å². The van der Waals surface area contributed by atoms with Gasteiger partial charge in [-0.25, -0.2) is 0 Å². The largest absolute Gasteiger partial charge is 0.382 e. The molecule has 1 heterocycles. The van der Waals surface area contributed by atoms with E-state index >= 15 is 0 Å². The van der Waals surface area contributed by atoms with Crippen LogP contribution in [0.1, 0.15) is 44.1 Å². The number of rotatable bonds is 3. The minimum Gasteiger partial charge on any atom is -0.382 e. The number of piperidine rings is 1. The molecule has 2 N–H and O–H groups in total. The molecule has 0 bridgehead atoms. The van der Waals surface area contributed by atoms with Gasteiger partial charge in [0.25, 0.3) is 0 Å². The van der Waals surface area contributed by atoms with Crippen molar-refractivity contribution in [3.05, 3.63) is 29.8 Å². The van der Waals surface area contributed by atoms with Crippen LogP contribution in [0, 0.1) is 12.8 Å². The summed E-state index contributed by atoms with van der Waals surface area (Å²) in [4.78, 5) is 0. The predicted molar refractivity (Wildman–Crippen MR) is 81.6 cm³/mol. The Morgan fingerprint density at radius 3 is 2.58 bits per heavy atom. The first kappa shape index (κ1) is 13.0. The summed E-state index contributed by atoms with van der Waals surface area (Å²) in [5.41, 5.74) is 2.63. The maximum absolute atomic E-state index is 3.78. The molecule has 104 valence electrons. The third-order valence-electron chi connectivity index (χ3n) is 4.84. The standard InChI is InChI=1S/C17H26N2/c1-13-8-10-14(11-9-13)19-17-7-4-5-15(17)16-6-2-3-12-18-16/h8-11,15-19H,2-7,12H2,1H3. The van der Waals surface area contributed by atoms with Crippen molar-refractivity contribution in [1.82, 2.24) is 5.32 Å². The Morgan fingerprint density at radius 1 is 1.00 bits per heavy atom. The van der Waals surface area contributed by atoms with Gasteiger partial charge < -0.3 is 10.6 Å². The monoisotopic (exact) mass is 258 g/mol. The Hall–Kier alpha value is -1.02. The maximum atomic E-state index is 3.78. The van der Waals surface area contributed by atoms with Crippen LogP contribution in [0.4, 0.5) is 5.69 Å². The molecule has 1 aliphatic heterocycles. The van der Waals surface area contributed by atoms with Crippen molar-refractivity contribution < 1.29 is 0 Å². The van der Waals surface area contributed by atoms with Crippen LogP contribution in [0.2, 0.25) is 0 Å². The van der Waals surface area contributed by atoms with Crippen LogP contribution in [0.5, 0.6) is 0 Å². The van der Waals surface area contributed by atoms with Crippen molar-refractivity contribution >= 4 is 5.69 Å². The summed E-state index contributed by atoms with van der Waals surface area (Å²) in [7, 11) is 0. The van der Waals surface area contributed by atoms with Gasteiger partial charge in [0, 0.05) is 17.8 Å². The van der Waals surface area contributed by atoms with Gasteiger partial charge in [0.1, 0.15) is 0 Å². The molecule has 3 rings (SSSR count). The Balaban J connectivity index is 1.64. The summed E-state index contributed by atoms with van der Waals surface area (Å²) < 4.78 is 0. The van der Waals surface area contributed by atoms with Gasteiger partial charge in [0.2, 0.25) is 0 Å². The van der Waals surface area contributed by atoms with E-state index in [1.165, 1.54) is 56.3 Å². The molecule has 2 fully saturated rings. The first-order chi connectivity index (χ1) is 9.33. The van der Waals surface area contributed by atoms with E-state index in [1.54, 1.807) is 0 Å². The Kier molecular flexibility index (Phi) is 4.07. The molecule has 1 saturated carbocycles. The topological polar surface area (TPSA) is 24.1 Å². The molecular weight excluding hydrogens is 232 g/mol. The first-order valence-electron chi connectivity index (χ1n) is 7.89. The van der Waals surface area contributed by atoms with Crippen molar-refractivity contribution in [2.75, 3.05) is 11.9 Å². The fourth-order valence-corrected chi connectivity index (χ4v) is 3.76. The summed E-state index contributed by atoms with van der Waals surface area (Å²) in [6.45, 7) is 3.37. The van der Waals surface area contributed by atoms with Gasteiger partial charge in [-0.1, -0.05) is 30.5 Å². The normalized spacial score (nSPS) is 31.3. The average Bonchev–Trinajstić information content (AvgIpc) is 2.90. The summed E-state index contributed by atoms with van der Waals surface area (Å²) in [6.07, 6.45) is 8.24. The van der Waals surface area contributed by atoms with Gasteiger partial charge >= 0.3 is 0 Å². The van der Waals surface area contributed by atoms with Gasteiger partial charge in [0.05, 0.1) is 0 Å². The molecule has 1 aromatic carbocycles. The second-order valence-electron chi connectivity index (χ2n) is 6.27. The molecule has 0 radical (unpaired) electrons. The molecule has 3 atom stereocenters. The third-order valence-corrected chi connectivity index (χ3v) is 4.84. The van der Waals surface area contributed by atoms with Crippen LogP contribution < -0.4 is 10.6 Å². The van der Waals surface area contributed by atoms with E-state index in [9.17, 15) is 0 Å². The lowest BCUT2D eigenvalue weighted by Gasteiger charge is -2.33. The lowest BCUT2D eigenvalue weighted by molar-refractivity contribution is 0.286. The fraction of sp³-hybridized carbons (Fsp3) is 0.647. The molecule has 0 spiro atoms. The first-order valence-corrected chi connectivity index (χ1v) is 7.89. The summed E-state index contributed by atoms with van der Waals surface area (Å²) in [5.74, 6) is 0.821. The number of nitrogens with one attached hydrogen (secondary N) is 2. The zero-order chi connectivity index (χ0) is 13.1. The van der Waals surface area contributed by atoms with Crippen molar-refractivity contribution in [2.45, 2.75) is 57.5 Å². The lowest BCUT2D eigenvalue weighted by atomic mass is 9.88. The van der Waals surface area contributed by atoms with Gasteiger partial charge in [-0.3, -0.25) is 0 Å². The second-order valence-corrected chi connectivity index (χ2v) is 6.27. The molecule has 2 nitrogen and oxygen atoms in total. The van der Waals surface area contributed by atoms with Gasteiger partial charge in [-0.05, 0) is 57.2 Å². The van der Waals surface area contributed by atoms with Gasteiger partial charge in [0.15, 0.2) is 0 Å². The highest BCUT2D eigenvalue weighted by molar-refractivity contribution is 5.45. The molecule has 19 heavy (non-hydrogen) atoms. The molecule has 2 heteroatoms. The SMILES string of the molecule is Cc1ccc(NC2CCCC2C2CCCCN2)cc1. The zero-order valence-electron chi connectivity index (χ0n) is 12.0. The highest BCUT2D eigenvalue weighted by Gasteiger charge is 2.34. The second kappa shape index (κ2) is 5.96. The Bertz CT molecular complexity index is 392. The molecule has 1 aliphatic carbocycles. The van der Waals surface area contributed by atoms with Crippen LogP contribution in [0.15, 0.2) is 24.3 Å². The molecule has 0 aromatic heterocycles. The minimum atomic E-state index is 0.665. The number of anilines is 1. The third kappa shape index (κ3) is 3.11. The number of hydrogen-bond acceptors (Lipinski definition) is 2. The molecule has 2 aliphatic rings.